The van der Waals surface area contributed by atoms with E-state index in [2.05, 4.69) is 26.2 Å². The number of hydrogen-bond donors (Lipinski definition) is 0. The molecule has 1 aromatic carbocycles. The minimum Gasteiger partial charge on any atom is -0.356 e. The van der Waals surface area contributed by atoms with Crippen LogP contribution in [0.1, 0.15) is 35.8 Å². The lowest BCUT2D eigenvalue weighted by Gasteiger charge is -2.33. The quantitative estimate of drug-likeness (QED) is 0.537. The number of anilines is 1. The molecule has 1 saturated heterocycles. The molecule has 1 fully saturated rings. The summed E-state index contributed by atoms with van der Waals surface area (Å²) in [7, 11) is 0. The fourth-order valence-electron chi connectivity index (χ4n) is 4.03. The molecule has 1 aliphatic heterocycles. The van der Waals surface area contributed by atoms with Gasteiger partial charge in [0.15, 0.2) is 11.2 Å². The molecule has 0 spiro atoms. The van der Waals surface area contributed by atoms with E-state index in [4.69, 9.17) is 4.52 Å². The van der Waals surface area contributed by atoms with Gasteiger partial charge in [0.25, 0.3) is 0 Å². The molecule has 7 heteroatoms. The summed E-state index contributed by atoms with van der Waals surface area (Å²) in [5, 5.41) is 9.75. The summed E-state index contributed by atoms with van der Waals surface area (Å²) in [6.45, 7) is 5.80. The second-order valence-corrected chi connectivity index (χ2v) is 7.28. The number of halogens is 1. The minimum atomic E-state index is -0.299. The summed E-state index contributed by atoms with van der Waals surface area (Å²) < 4.78 is 20.7. The van der Waals surface area contributed by atoms with Crippen molar-refractivity contribution in [2.75, 3.05) is 18.0 Å². The predicted octanol–water partition coefficient (Wildman–Crippen LogP) is 4.01. The fraction of sp³-hybridized carbons (Fsp3) is 0.350. The molecular weight excluding hydrogens is 345 g/mol. The highest BCUT2D eigenvalue weighted by atomic mass is 19.1. The topological polar surface area (TPSA) is 59.5 Å². The third kappa shape index (κ3) is 2.74. The number of hydrogen-bond acceptors (Lipinski definition) is 5. The predicted molar refractivity (Wildman–Crippen MR) is 101 cm³/mol. The summed E-state index contributed by atoms with van der Waals surface area (Å²) in [6, 6.07) is 8.73. The Morgan fingerprint density at radius 3 is 2.70 bits per heavy atom. The van der Waals surface area contributed by atoms with Gasteiger partial charge in [-0.05, 0) is 38.8 Å². The first-order valence-electron chi connectivity index (χ1n) is 9.22. The number of aryl methyl sites for hydroxylation is 2. The molecule has 138 valence electrons. The van der Waals surface area contributed by atoms with Crippen LogP contribution in [0.4, 0.5) is 10.2 Å². The lowest BCUT2D eigenvalue weighted by Crippen LogP contribution is -2.34. The van der Waals surface area contributed by atoms with Crippen molar-refractivity contribution in [1.29, 1.82) is 0 Å². The number of fused-ring (bicyclic) bond motifs is 2. The van der Waals surface area contributed by atoms with Gasteiger partial charge in [-0.1, -0.05) is 5.16 Å². The summed E-state index contributed by atoms with van der Waals surface area (Å²) in [5.41, 5.74) is 4.30. The fourth-order valence-corrected chi connectivity index (χ4v) is 4.03. The third-order valence-electron chi connectivity index (χ3n) is 5.33. The van der Waals surface area contributed by atoms with Crippen LogP contribution in [0.25, 0.3) is 16.6 Å². The average Bonchev–Trinajstić information content (AvgIpc) is 3.23. The summed E-state index contributed by atoms with van der Waals surface area (Å²) in [4.78, 5) is 6.92. The van der Waals surface area contributed by atoms with E-state index in [-0.39, 0.29) is 5.82 Å². The number of piperidine rings is 1. The Labute approximate surface area is 155 Å². The Morgan fingerprint density at radius 2 is 1.89 bits per heavy atom. The summed E-state index contributed by atoms with van der Waals surface area (Å²) in [5.74, 6) is 1.09. The van der Waals surface area contributed by atoms with E-state index >= 15 is 0 Å². The molecule has 4 aromatic rings. The minimum absolute atomic E-state index is 0.299. The zero-order chi connectivity index (χ0) is 18.5. The van der Waals surface area contributed by atoms with Gasteiger partial charge in [0.2, 0.25) is 0 Å². The molecule has 0 N–H and O–H groups in total. The van der Waals surface area contributed by atoms with Crippen LogP contribution in [0.2, 0.25) is 0 Å². The molecule has 5 rings (SSSR count). The van der Waals surface area contributed by atoms with Gasteiger partial charge in [-0.25, -0.2) is 9.37 Å². The van der Waals surface area contributed by atoms with Crippen LogP contribution in [0.5, 0.6) is 0 Å². The number of aromatic nitrogens is 4. The zero-order valence-corrected chi connectivity index (χ0v) is 15.3. The lowest BCUT2D eigenvalue weighted by molar-refractivity contribution is 0.415. The highest BCUT2D eigenvalue weighted by Crippen LogP contribution is 2.34. The summed E-state index contributed by atoms with van der Waals surface area (Å²) >= 11 is 0. The van der Waals surface area contributed by atoms with Crippen LogP contribution in [0.15, 0.2) is 34.9 Å². The van der Waals surface area contributed by atoms with Gasteiger partial charge in [0.05, 0.1) is 11.4 Å². The molecule has 0 aliphatic carbocycles. The van der Waals surface area contributed by atoms with Gasteiger partial charge >= 0.3 is 0 Å². The van der Waals surface area contributed by atoms with Crippen molar-refractivity contribution < 1.29 is 8.91 Å². The maximum atomic E-state index is 13.4. The molecule has 1 aliphatic rings. The second-order valence-electron chi connectivity index (χ2n) is 7.28. The van der Waals surface area contributed by atoms with Crippen molar-refractivity contribution in [3.8, 4) is 0 Å². The van der Waals surface area contributed by atoms with E-state index in [1.54, 1.807) is 6.07 Å². The van der Waals surface area contributed by atoms with Crippen LogP contribution in [-0.4, -0.2) is 32.8 Å². The van der Waals surface area contributed by atoms with Crippen LogP contribution >= 0.6 is 0 Å². The molecule has 0 unspecified atom stereocenters. The average molecular weight is 365 g/mol. The molecule has 0 amide bonds. The van der Waals surface area contributed by atoms with Crippen LogP contribution in [0.3, 0.4) is 0 Å². The Kier molecular flexibility index (Phi) is 3.63. The normalized spacial score (nSPS) is 15.9. The van der Waals surface area contributed by atoms with E-state index in [9.17, 15) is 4.39 Å². The first kappa shape index (κ1) is 16.2. The smallest absolute Gasteiger partial charge is 0.170 e. The van der Waals surface area contributed by atoms with Gasteiger partial charge in [0, 0.05) is 48.3 Å². The van der Waals surface area contributed by atoms with Crippen LogP contribution < -0.4 is 4.90 Å². The maximum Gasteiger partial charge on any atom is 0.170 e. The van der Waals surface area contributed by atoms with Gasteiger partial charge in [-0.3, -0.25) is 0 Å². The van der Waals surface area contributed by atoms with Crippen LogP contribution in [-0.2, 0) is 0 Å². The highest BCUT2D eigenvalue weighted by Gasteiger charge is 2.26. The molecule has 0 radical (unpaired) electrons. The Hall–Kier alpha value is -2.96. The standard InChI is InChI=1S/C20H20FN5O/c1-12-10-19(26-18(22-12)9-13(2)23-26)25-7-5-14(6-8-25)20-16-4-3-15(21)11-17(16)27-24-20/h3-4,9-11,14H,5-8H2,1-2H3. The van der Waals surface area contributed by atoms with Gasteiger partial charge in [-0.15, -0.1) is 0 Å². The van der Waals surface area contributed by atoms with Crippen molar-refractivity contribution in [3.63, 3.8) is 0 Å². The maximum absolute atomic E-state index is 13.4. The van der Waals surface area contributed by atoms with E-state index in [0.717, 1.165) is 59.9 Å². The largest absolute Gasteiger partial charge is 0.356 e. The Bertz CT molecular complexity index is 1140. The Morgan fingerprint density at radius 1 is 1.07 bits per heavy atom. The van der Waals surface area contributed by atoms with Gasteiger partial charge in [0.1, 0.15) is 11.6 Å². The first-order valence-corrected chi connectivity index (χ1v) is 9.22. The second kappa shape index (κ2) is 6.04. The van der Waals surface area contributed by atoms with Crippen molar-refractivity contribution in [1.82, 2.24) is 19.8 Å². The molecule has 0 bridgehead atoms. The van der Waals surface area contributed by atoms with Crippen molar-refractivity contribution in [3.05, 3.63) is 53.2 Å². The summed E-state index contributed by atoms with van der Waals surface area (Å²) in [6.07, 6.45) is 1.92. The zero-order valence-electron chi connectivity index (χ0n) is 15.3. The van der Waals surface area contributed by atoms with E-state index in [1.807, 2.05) is 24.4 Å². The number of rotatable bonds is 2. The Balaban J connectivity index is 1.42. The third-order valence-corrected chi connectivity index (χ3v) is 5.33. The monoisotopic (exact) mass is 365 g/mol. The van der Waals surface area contributed by atoms with E-state index in [1.165, 1.54) is 12.1 Å². The van der Waals surface area contributed by atoms with Crippen LogP contribution in [0, 0.1) is 19.7 Å². The SMILES string of the molecule is Cc1cc(N2CCC(c3noc4cc(F)ccc34)CC2)n2nc(C)cc2n1. The molecule has 4 heterocycles. The number of benzene rings is 1. The van der Waals surface area contributed by atoms with Gasteiger partial charge in [-0.2, -0.15) is 9.61 Å². The molecule has 0 saturated carbocycles. The molecule has 27 heavy (non-hydrogen) atoms. The lowest BCUT2D eigenvalue weighted by atomic mass is 9.91. The van der Waals surface area contributed by atoms with E-state index < -0.39 is 0 Å². The molecule has 6 nitrogen and oxygen atoms in total. The molecule has 0 atom stereocenters. The van der Waals surface area contributed by atoms with Crippen molar-refractivity contribution >= 4 is 22.4 Å². The molecular formula is C20H20FN5O. The van der Waals surface area contributed by atoms with Crippen molar-refractivity contribution in [2.24, 2.45) is 0 Å². The van der Waals surface area contributed by atoms with Gasteiger partial charge < -0.3 is 9.42 Å². The van der Waals surface area contributed by atoms with E-state index in [0.29, 0.717) is 11.5 Å². The first-order chi connectivity index (χ1) is 13.1. The van der Waals surface area contributed by atoms with Crippen molar-refractivity contribution in [2.45, 2.75) is 32.6 Å². The number of nitrogens with zero attached hydrogens (tertiary/aromatic N) is 5. The highest BCUT2D eigenvalue weighted by molar-refractivity contribution is 5.80. The molecule has 3 aromatic heterocycles.